The van der Waals surface area contributed by atoms with Gasteiger partial charge < -0.3 is 41.4 Å². The number of amides is 8. The first kappa shape index (κ1) is 55.7. The maximum Gasteiger partial charge on any atom is 0.313 e. The SMILES string of the molecule is Bc1cc2nc3c(c4c2c(c1C)CCC4NC(=O)COCNC(=O)CNC(=O)C(Cc1ccccc1)NC(=O)CNC(=O)CNC(=O)CCCCCN1C(=O)CC(C)(CC)C1=O)CC1C(=O)C2=C(C=C31)C(CC)C(=O)OC2. The van der Waals surface area contributed by atoms with E-state index in [0.29, 0.717) is 80.3 Å². The van der Waals surface area contributed by atoms with Crippen molar-refractivity contribution in [2.24, 2.45) is 17.3 Å². The number of imide groups is 1. The Morgan fingerprint density at radius 2 is 1.62 bits per heavy atom. The third-order valence-corrected chi connectivity index (χ3v) is 15.7. The van der Waals surface area contributed by atoms with E-state index in [1.54, 1.807) is 37.3 Å². The zero-order valence-electron chi connectivity index (χ0n) is 44.4. The van der Waals surface area contributed by atoms with Crippen LogP contribution in [0.2, 0.25) is 0 Å². The number of allylic oxidation sites excluding steroid dienone is 2. The Hall–Kier alpha value is -7.55. The number of carbonyl (C=O) groups is 10. The Bertz CT molecular complexity index is 2990. The first-order chi connectivity index (χ1) is 36.9. The summed E-state index contributed by atoms with van der Waals surface area (Å²) in [6.07, 6.45) is 6.79. The lowest BCUT2D eigenvalue weighted by molar-refractivity contribution is -0.148. The number of aryl methyl sites for hydroxylation is 1. The number of esters is 1. The number of benzene rings is 2. The van der Waals surface area contributed by atoms with Crippen LogP contribution in [-0.4, -0.2) is 129 Å². The fourth-order valence-corrected chi connectivity index (χ4v) is 11.1. The molecule has 5 aliphatic rings. The maximum absolute atomic E-state index is 14.1. The first-order valence-electron chi connectivity index (χ1n) is 26.7. The van der Waals surface area contributed by atoms with Crippen LogP contribution in [0, 0.1) is 24.2 Å². The number of hydrogen-bond acceptors (Lipinski definition) is 13. The average molecular weight is 1060 g/mol. The summed E-state index contributed by atoms with van der Waals surface area (Å²) in [6, 6.07) is 9.36. The quantitative estimate of drug-likeness (QED) is 0.0253. The summed E-state index contributed by atoms with van der Waals surface area (Å²) in [4.78, 5) is 136. The molecule has 5 atom stereocenters. The van der Waals surface area contributed by atoms with Gasteiger partial charge in [-0.1, -0.05) is 74.6 Å². The molecule has 1 saturated heterocycles. The van der Waals surface area contributed by atoms with E-state index < -0.39 is 78.6 Å². The summed E-state index contributed by atoms with van der Waals surface area (Å²) in [7, 11) is 2.05. The van der Waals surface area contributed by atoms with E-state index in [2.05, 4.69) is 38.8 Å². The summed E-state index contributed by atoms with van der Waals surface area (Å²) in [6.45, 7) is 5.81. The number of nitrogens with one attached hydrogen (secondary N) is 6. The molecule has 20 nitrogen and oxygen atoms in total. The van der Waals surface area contributed by atoms with Crippen LogP contribution in [0.15, 0.2) is 53.6 Å². The molecule has 2 aromatic carbocycles. The molecular weight excluding hydrogens is 987 g/mol. The van der Waals surface area contributed by atoms with E-state index in [1.165, 1.54) is 4.90 Å². The second-order valence-corrected chi connectivity index (χ2v) is 20.9. The third kappa shape index (κ3) is 12.4. The van der Waals surface area contributed by atoms with Crippen LogP contribution in [0.3, 0.4) is 0 Å². The third-order valence-electron chi connectivity index (χ3n) is 15.7. The van der Waals surface area contributed by atoms with E-state index in [1.807, 2.05) is 33.8 Å². The molecule has 8 rings (SSSR count). The molecule has 3 aromatic rings. The summed E-state index contributed by atoms with van der Waals surface area (Å²) >= 11 is 0. The Labute approximate surface area is 447 Å². The number of ketones is 1. The van der Waals surface area contributed by atoms with Crippen molar-refractivity contribution >= 4 is 88.8 Å². The standard InChI is InChI=1S/C56H67BN8O12/c1-5-32-34-20-35-36(52(72)38(34)27-77-54(32)74)21-37-50-40(17-16-33-30(3)39(57)22-41(49(33)50)64-51(35)37)62-47(70)28-76-29-61-45(68)25-60-53(73)42(19-31-13-9-7-10-14-31)63-46(69)26-59-44(67)24-58-43(66)15-11-8-12-18-65-48(71)23-56(4,6-2)55(65)75/h7,9-10,13-14,20,22,32,36,40,42H,5-6,8,11-12,15-19,21,23-29,57H2,1-4H3,(H,58,66)(H,59,67)(H,60,73)(H,61,68)(H,62,70)(H,63,69). The number of Topliss-reactive ketones (excluding diaryl/α,β-unsaturated/α-hetero) is 1. The highest BCUT2D eigenvalue weighted by atomic mass is 16.5. The van der Waals surface area contributed by atoms with Crippen molar-refractivity contribution in [1.29, 1.82) is 0 Å². The van der Waals surface area contributed by atoms with Crippen molar-refractivity contribution in [3.8, 4) is 0 Å². The highest BCUT2D eigenvalue weighted by Gasteiger charge is 2.47. The molecule has 0 saturated carbocycles. The summed E-state index contributed by atoms with van der Waals surface area (Å²) in [5.74, 6) is -5.17. The van der Waals surface area contributed by atoms with Crippen LogP contribution in [-0.2, 0) is 76.7 Å². The minimum absolute atomic E-state index is 0.0503. The van der Waals surface area contributed by atoms with Gasteiger partial charge in [-0.3, -0.25) is 52.8 Å². The van der Waals surface area contributed by atoms with Crippen molar-refractivity contribution in [2.45, 2.75) is 110 Å². The van der Waals surface area contributed by atoms with E-state index in [-0.39, 0.29) is 68.6 Å². The molecule has 3 heterocycles. The number of nitrogens with zero attached hydrogens (tertiary/aromatic N) is 2. The van der Waals surface area contributed by atoms with Gasteiger partial charge in [0.25, 0.3) is 0 Å². The number of aromatic nitrogens is 1. The van der Waals surface area contributed by atoms with Gasteiger partial charge in [0, 0.05) is 36.8 Å². The van der Waals surface area contributed by atoms with Crippen LogP contribution in [0.4, 0.5) is 0 Å². The molecule has 0 spiro atoms. The van der Waals surface area contributed by atoms with Crippen molar-refractivity contribution in [3.63, 3.8) is 0 Å². The van der Waals surface area contributed by atoms with Crippen LogP contribution in [0.5, 0.6) is 0 Å². The number of cyclic esters (lactones) is 1. The Balaban J connectivity index is 0.781. The van der Waals surface area contributed by atoms with Gasteiger partial charge in [0.2, 0.25) is 47.3 Å². The second kappa shape index (κ2) is 24.2. The monoisotopic (exact) mass is 1050 g/mol. The lowest BCUT2D eigenvalue weighted by Crippen LogP contribution is -2.52. The van der Waals surface area contributed by atoms with Gasteiger partial charge >= 0.3 is 5.97 Å². The number of unbranched alkanes of at least 4 members (excludes halogenated alkanes) is 2. The van der Waals surface area contributed by atoms with Gasteiger partial charge in [-0.15, -0.1) is 0 Å². The number of fused-ring (bicyclic) bond motifs is 4. The van der Waals surface area contributed by atoms with E-state index in [0.717, 1.165) is 44.2 Å². The first-order valence-corrected chi connectivity index (χ1v) is 26.7. The minimum atomic E-state index is -1.13. The molecule has 77 heavy (non-hydrogen) atoms. The van der Waals surface area contributed by atoms with Crippen molar-refractivity contribution in [2.75, 3.05) is 46.1 Å². The van der Waals surface area contributed by atoms with Crippen molar-refractivity contribution < 1.29 is 57.4 Å². The summed E-state index contributed by atoms with van der Waals surface area (Å²) in [5, 5.41) is 16.7. The van der Waals surface area contributed by atoms with Gasteiger partial charge in [-0.25, -0.2) is 4.98 Å². The van der Waals surface area contributed by atoms with Gasteiger partial charge in [0.1, 0.15) is 33.8 Å². The largest absolute Gasteiger partial charge is 0.460 e. The number of pyridine rings is 1. The number of likely N-dealkylation sites (tertiary alicyclic amines) is 1. The highest BCUT2D eigenvalue weighted by molar-refractivity contribution is 6.34. The zero-order chi connectivity index (χ0) is 55.1. The molecule has 21 heteroatoms. The number of ether oxygens (including phenoxy) is 2. The van der Waals surface area contributed by atoms with Gasteiger partial charge in [-0.05, 0) is 91.3 Å². The zero-order valence-corrected chi connectivity index (χ0v) is 44.4. The van der Waals surface area contributed by atoms with Crippen LogP contribution in [0.1, 0.15) is 112 Å². The van der Waals surface area contributed by atoms with Gasteiger partial charge in [-0.2, -0.15) is 0 Å². The molecule has 6 N–H and O–H groups in total. The fraction of sp³-hybridized carbons (Fsp3) is 0.482. The lowest BCUT2D eigenvalue weighted by atomic mass is 9.77. The summed E-state index contributed by atoms with van der Waals surface area (Å²) < 4.78 is 11.0. The average Bonchev–Trinajstić information content (AvgIpc) is 4.00. The minimum Gasteiger partial charge on any atom is -0.460 e. The van der Waals surface area contributed by atoms with Crippen LogP contribution in [0.25, 0.3) is 16.5 Å². The fourth-order valence-electron chi connectivity index (χ4n) is 11.1. The van der Waals surface area contributed by atoms with Gasteiger partial charge in [0.15, 0.2) is 5.78 Å². The molecule has 5 unspecified atom stereocenters. The number of hydrogen-bond donors (Lipinski definition) is 6. The maximum atomic E-state index is 14.1. The van der Waals surface area contributed by atoms with Crippen molar-refractivity contribution in [1.82, 2.24) is 41.8 Å². The summed E-state index contributed by atoms with van der Waals surface area (Å²) in [5.41, 5.74) is 8.79. The second-order valence-electron chi connectivity index (χ2n) is 20.9. The Morgan fingerprint density at radius 1 is 0.896 bits per heavy atom. The molecule has 8 amide bonds. The predicted molar refractivity (Wildman–Crippen MR) is 284 cm³/mol. The van der Waals surface area contributed by atoms with Crippen molar-refractivity contribution in [3.05, 3.63) is 87.1 Å². The van der Waals surface area contributed by atoms with Crippen LogP contribution < -0.4 is 37.4 Å². The number of rotatable bonds is 23. The molecule has 0 bridgehead atoms. The molecule has 2 aliphatic heterocycles. The Kier molecular flexibility index (Phi) is 17.5. The van der Waals surface area contributed by atoms with Crippen LogP contribution >= 0.6 is 0 Å². The Morgan fingerprint density at radius 3 is 2.36 bits per heavy atom. The molecule has 1 fully saturated rings. The van der Waals surface area contributed by atoms with E-state index in [4.69, 9.17) is 14.5 Å². The molecular formula is C56H67BN8O12. The molecule has 406 valence electrons. The molecule has 0 radical (unpaired) electrons. The van der Waals surface area contributed by atoms with E-state index >= 15 is 0 Å². The van der Waals surface area contributed by atoms with Gasteiger partial charge in [0.05, 0.1) is 54.1 Å². The normalized spacial score (nSPS) is 20.6. The molecule has 1 aromatic heterocycles. The smallest absolute Gasteiger partial charge is 0.313 e. The highest BCUT2D eigenvalue weighted by Crippen LogP contribution is 2.50. The topological polar surface area (TPSA) is 277 Å². The van der Waals surface area contributed by atoms with E-state index in [9.17, 15) is 47.9 Å². The molecule has 3 aliphatic carbocycles. The predicted octanol–water partition coefficient (Wildman–Crippen LogP) is 0.825. The number of carbonyl (C=O) groups excluding carboxylic acids is 10. The lowest BCUT2D eigenvalue weighted by Gasteiger charge is -2.30.